The quantitative estimate of drug-likeness (QED) is 0.666. The molecule has 23 heavy (non-hydrogen) atoms. The number of para-hydroxylation sites is 1. The molecule has 0 bridgehead atoms. The van der Waals surface area contributed by atoms with Crippen LogP contribution in [0.5, 0.6) is 0 Å². The minimum Gasteiger partial charge on any atom is -0.346 e. The highest BCUT2D eigenvalue weighted by atomic mass is 16.6. The van der Waals surface area contributed by atoms with E-state index < -0.39 is 4.92 Å². The van der Waals surface area contributed by atoms with Crippen molar-refractivity contribution in [2.24, 2.45) is 0 Å². The van der Waals surface area contributed by atoms with Gasteiger partial charge in [0.2, 0.25) is 5.91 Å². The smallest absolute Gasteiger partial charge is 0.273 e. The van der Waals surface area contributed by atoms with Crippen molar-refractivity contribution < 1.29 is 9.72 Å². The molecular formula is C15H17N5O3. The second-order valence-corrected chi connectivity index (χ2v) is 5.58. The summed E-state index contributed by atoms with van der Waals surface area (Å²) in [6, 6.07) is 5.98. The van der Waals surface area contributed by atoms with Crippen molar-refractivity contribution in [2.75, 3.05) is 0 Å². The topological polar surface area (TPSA) is 103 Å². The van der Waals surface area contributed by atoms with Crippen LogP contribution in [0.15, 0.2) is 24.3 Å². The van der Waals surface area contributed by atoms with Gasteiger partial charge in [0.25, 0.3) is 5.69 Å². The summed E-state index contributed by atoms with van der Waals surface area (Å²) < 4.78 is 2.02. The van der Waals surface area contributed by atoms with Crippen molar-refractivity contribution in [3.05, 3.63) is 51.6 Å². The standard InChI is InChI=1S/C15H17N5O3/c1-10(15-18-17-13-7-4-8-19(13)15)16-14(21)9-11-5-2-3-6-12(11)20(22)23/h2-3,5-6,10H,4,7-9H2,1H3,(H,16,21)/t10-/m0/s1. The van der Waals surface area contributed by atoms with Crippen LogP contribution in [0.4, 0.5) is 5.69 Å². The number of carbonyl (C=O) groups excluding carboxylic acids is 1. The molecule has 1 N–H and O–H groups in total. The lowest BCUT2D eigenvalue weighted by Gasteiger charge is -2.14. The maximum absolute atomic E-state index is 12.2. The van der Waals surface area contributed by atoms with Crippen molar-refractivity contribution in [1.29, 1.82) is 0 Å². The maximum Gasteiger partial charge on any atom is 0.273 e. The number of aromatic nitrogens is 3. The number of nitrogens with zero attached hydrogens (tertiary/aromatic N) is 4. The predicted octanol–water partition coefficient (Wildman–Crippen LogP) is 1.55. The van der Waals surface area contributed by atoms with E-state index in [2.05, 4.69) is 15.5 Å². The van der Waals surface area contributed by atoms with E-state index in [0.717, 1.165) is 31.0 Å². The van der Waals surface area contributed by atoms with Gasteiger partial charge in [-0.25, -0.2) is 0 Å². The number of hydrogen-bond acceptors (Lipinski definition) is 5. The summed E-state index contributed by atoms with van der Waals surface area (Å²) in [5, 5.41) is 22.1. The molecule has 8 nitrogen and oxygen atoms in total. The molecule has 1 atom stereocenters. The first kappa shape index (κ1) is 15.1. The zero-order valence-corrected chi connectivity index (χ0v) is 12.7. The van der Waals surface area contributed by atoms with E-state index in [0.29, 0.717) is 5.56 Å². The van der Waals surface area contributed by atoms with Crippen LogP contribution in [0, 0.1) is 10.1 Å². The van der Waals surface area contributed by atoms with Crippen LogP contribution in [0.1, 0.15) is 36.6 Å². The van der Waals surface area contributed by atoms with E-state index in [4.69, 9.17) is 0 Å². The van der Waals surface area contributed by atoms with Gasteiger partial charge in [-0.05, 0) is 13.3 Å². The third-order valence-corrected chi connectivity index (χ3v) is 3.94. The van der Waals surface area contributed by atoms with Gasteiger partial charge in [0.1, 0.15) is 5.82 Å². The van der Waals surface area contributed by atoms with Crippen molar-refractivity contribution in [1.82, 2.24) is 20.1 Å². The van der Waals surface area contributed by atoms with E-state index in [9.17, 15) is 14.9 Å². The normalized spacial score (nSPS) is 14.3. The number of aryl methyl sites for hydroxylation is 1. The number of carbonyl (C=O) groups is 1. The van der Waals surface area contributed by atoms with Crippen molar-refractivity contribution in [3.63, 3.8) is 0 Å². The second kappa shape index (κ2) is 6.15. The van der Waals surface area contributed by atoms with E-state index in [-0.39, 0.29) is 24.1 Å². The Balaban J connectivity index is 1.69. The molecule has 0 saturated heterocycles. The van der Waals surface area contributed by atoms with Gasteiger partial charge in [-0.2, -0.15) is 0 Å². The second-order valence-electron chi connectivity index (χ2n) is 5.58. The Morgan fingerprint density at radius 3 is 3.00 bits per heavy atom. The van der Waals surface area contributed by atoms with E-state index in [1.807, 2.05) is 11.5 Å². The summed E-state index contributed by atoms with van der Waals surface area (Å²) in [6.45, 7) is 2.70. The van der Waals surface area contributed by atoms with Gasteiger partial charge in [0, 0.05) is 24.6 Å². The molecule has 0 unspecified atom stereocenters. The molecule has 2 heterocycles. The molecule has 1 aliphatic heterocycles. The van der Waals surface area contributed by atoms with Gasteiger partial charge >= 0.3 is 0 Å². The van der Waals surface area contributed by atoms with Crippen LogP contribution in [0.3, 0.4) is 0 Å². The van der Waals surface area contributed by atoms with Gasteiger partial charge in [0.15, 0.2) is 5.82 Å². The zero-order valence-electron chi connectivity index (χ0n) is 12.7. The van der Waals surface area contributed by atoms with Gasteiger partial charge in [-0.1, -0.05) is 18.2 Å². The Bertz CT molecular complexity index is 755. The number of benzene rings is 1. The fraction of sp³-hybridized carbons (Fsp3) is 0.400. The number of nitrogens with one attached hydrogen (secondary N) is 1. The summed E-state index contributed by atoms with van der Waals surface area (Å²) in [5.74, 6) is 1.40. The van der Waals surface area contributed by atoms with E-state index >= 15 is 0 Å². The molecule has 1 aromatic heterocycles. The summed E-state index contributed by atoms with van der Waals surface area (Å²) in [7, 11) is 0. The number of amides is 1. The predicted molar refractivity (Wildman–Crippen MR) is 81.7 cm³/mol. The molecule has 120 valence electrons. The van der Waals surface area contributed by atoms with Gasteiger partial charge < -0.3 is 9.88 Å². The molecular weight excluding hydrogens is 298 g/mol. The average molecular weight is 315 g/mol. The minimum absolute atomic E-state index is 0.0392. The highest BCUT2D eigenvalue weighted by Crippen LogP contribution is 2.20. The van der Waals surface area contributed by atoms with Crippen LogP contribution in [0.25, 0.3) is 0 Å². The van der Waals surface area contributed by atoms with Crippen LogP contribution in [0.2, 0.25) is 0 Å². The Morgan fingerprint density at radius 1 is 1.43 bits per heavy atom. The van der Waals surface area contributed by atoms with E-state index in [1.165, 1.54) is 6.07 Å². The first-order valence-corrected chi connectivity index (χ1v) is 7.50. The summed E-state index contributed by atoms with van der Waals surface area (Å²) in [5.41, 5.74) is 0.354. The van der Waals surface area contributed by atoms with Crippen molar-refractivity contribution in [2.45, 2.75) is 38.8 Å². The van der Waals surface area contributed by atoms with Crippen LogP contribution < -0.4 is 5.32 Å². The minimum atomic E-state index is -0.475. The van der Waals surface area contributed by atoms with Gasteiger partial charge in [0.05, 0.1) is 17.4 Å². The zero-order chi connectivity index (χ0) is 16.4. The Hall–Kier alpha value is -2.77. The number of hydrogen-bond donors (Lipinski definition) is 1. The first-order valence-electron chi connectivity index (χ1n) is 7.50. The number of nitro groups is 1. The molecule has 0 saturated carbocycles. The Kier molecular flexibility index (Phi) is 4.05. The highest BCUT2D eigenvalue weighted by Gasteiger charge is 2.23. The van der Waals surface area contributed by atoms with Crippen molar-refractivity contribution in [3.8, 4) is 0 Å². The van der Waals surface area contributed by atoms with Gasteiger partial charge in [-0.15, -0.1) is 10.2 Å². The summed E-state index contributed by atoms with van der Waals surface area (Å²) in [6.07, 6.45) is 1.90. The average Bonchev–Trinajstić information content (AvgIpc) is 3.09. The molecule has 1 aromatic carbocycles. The third kappa shape index (κ3) is 3.05. The number of nitro benzene ring substituents is 1. The highest BCUT2D eigenvalue weighted by molar-refractivity contribution is 5.80. The molecule has 2 aromatic rings. The fourth-order valence-corrected chi connectivity index (χ4v) is 2.86. The first-order chi connectivity index (χ1) is 11.1. The lowest BCUT2D eigenvalue weighted by atomic mass is 10.1. The molecule has 1 aliphatic rings. The summed E-state index contributed by atoms with van der Waals surface area (Å²) in [4.78, 5) is 22.7. The molecule has 3 rings (SSSR count). The maximum atomic E-state index is 12.2. The summed E-state index contributed by atoms with van der Waals surface area (Å²) >= 11 is 0. The fourth-order valence-electron chi connectivity index (χ4n) is 2.86. The van der Waals surface area contributed by atoms with Crippen LogP contribution in [-0.4, -0.2) is 25.6 Å². The van der Waals surface area contributed by atoms with Crippen molar-refractivity contribution >= 4 is 11.6 Å². The third-order valence-electron chi connectivity index (χ3n) is 3.94. The SMILES string of the molecule is C[C@H](NC(=O)Cc1ccccc1[N+](=O)[O-])c1nnc2n1CCC2. The van der Waals surface area contributed by atoms with E-state index in [1.54, 1.807) is 18.2 Å². The van der Waals surface area contributed by atoms with Crippen LogP contribution in [-0.2, 0) is 24.2 Å². The van der Waals surface area contributed by atoms with Crippen LogP contribution >= 0.6 is 0 Å². The number of rotatable bonds is 5. The number of fused-ring (bicyclic) bond motifs is 1. The monoisotopic (exact) mass is 315 g/mol. The lowest BCUT2D eigenvalue weighted by Crippen LogP contribution is -2.30. The lowest BCUT2D eigenvalue weighted by molar-refractivity contribution is -0.385. The molecule has 1 amide bonds. The molecule has 0 spiro atoms. The molecule has 8 heteroatoms. The molecule has 0 radical (unpaired) electrons. The Labute approximate surface area is 132 Å². The molecule has 0 fully saturated rings. The molecule has 0 aliphatic carbocycles. The van der Waals surface area contributed by atoms with Gasteiger partial charge in [-0.3, -0.25) is 14.9 Å². The Morgan fingerprint density at radius 2 is 2.22 bits per heavy atom. The largest absolute Gasteiger partial charge is 0.346 e.